The minimum absolute atomic E-state index is 0.183. The van der Waals surface area contributed by atoms with E-state index in [0.717, 1.165) is 5.69 Å². The van der Waals surface area contributed by atoms with Gasteiger partial charge in [0, 0.05) is 32.1 Å². The maximum Gasteiger partial charge on any atom is 0.261 e. The number of hydrogen-bond donors (Lipinski definition) is 1. The van der Waals surface area contributed by atoms with E-state index in [1.165, 1.54) is 12.2 Å². The van der Waals surface area contributed by atoms with Crippen molar-refractivity contribution in [3.05, 3.63) is 47.8 Å². The molecule has 1 aliphatic heterocycles. The monoisotopic (exact) mass is 323 g/mol. The van der Waals surface area contributed by atoms with Crippen molar-refractivity contribution < 1.29 is 9.59 Å². The number of carbonyl (C=O) groups is 2. The fourth-order valence-electron chi connectivity index (χ4n) is 2.66. The van der Waals surface area contributed by atoms with Gasteiger partial charge < -0.3 is 15.5 Å². The van der Waals surface area contributed by atoms with Crippen LogP contribution in [0.25, 0.3) is 6.08 Å². The second-order valence-electron chi connectivity index (χ2n) is 5.33. The molecule has 2 aromatic heterocycles. The first-order valence-electron chi connectivity index (χ1n) is 7.51. The highest BCUT2D eigenvalue weighted by molar-refractivity contribution is 6.12. The summed E-state index contributed by atoms with van der Waals surface area (Å²) in [6.45, 7) is 2.59. The predicted molar refractivity (Wildman–Crippen MR) is 92.1 cm³/mol. The molecule has 0 spiro atoms. The van der Waals surface area contributed by atoms with Gasteiger partial charge in [0.25, 0.3) is 5.91 Å². The topological polar surface area (TPSA) is 92.4 Å². The molecule has 2 aromatic rings. The molecule has 0 radical (unpaired) electrons. The summed E-state index contributed by atoms with van der Waals surface area (Å²) in [4.78, 5) is 36.1. The lowest BCUT2D eigenvalue weighted by molar-refractivity contribution is -0.113. The molecule has 0 saturated heterocycles. The molecule has 0 atom stereocenters. The first-order chi connectivity index (χ1) is 11.5. The van der Waals surface area contributed by atoms with Gasteiger partial charge in [-0.25, -0.2) is 9.97 Å². The summed E-state index contributed by atoms with van der Waals surface area (Å²) in [7, 11) is 1.71. The first-order valence-corrected chi connectivity index (χ1v) is 7.51. The number of fused-ring (bicyclic) bond motifs is 2. The van der Waals surface area contributed by atoms with Gasteiger partial charge in [0.05, 0.1) is 11.3 Å². The molecule has 0 aliphatic carbocycles. The van der Waals surface area contributed by atoms with Gasteiger partial charge in [0.2, 0.25) is 5.91 Å². The number of anilines is 3. The number of pyridine rings is 2. The SMILES string of the molecule is CCN1c2ncc(/C=C/C(N)=O)cc2C(=O)N(C)c2cccnc21. The maximum absolute atomic E-state index is 12.9. The van der Waals surface area contributed by atoms with E-state index in [4.69, 9.17) is 5.73 Å². The molecule has 3 rings (SSSR count). The third-order valence-corrected chi connectivity index (χ3v) is 3.82. The Bertz CT molecular complexity index is 847. The Labute approximate surface area is 139 Å². The summed E-state index contributed by atoms with van der Waals surface area (Å²) in [5, 5.41) is 0. The van der Waals surface area contributed by atoms with E-state index in [2.05, 4.69) is 9.97 Å². The van der Waals surface area contributed by atoms with Crippen molar-refractivity contribution in [1.82, 2.24) is 9.97 Å². The fourth-order valence-corrected chi connectivity index (χ4v) is 2.66. The Morgan fingerprint density at radius 2 is 2.12 bits per heavy atom. The molecule has 0 fully saturated rings. The number of amides is 2. The minimum Gasteiger partial charge on any atom is -0.366 e. The van der Waals surface area contributed by atoms with Gasteiger partial charge in [0.1, 0.15) is 5.82 Å². The van der Waals surface area contributed by atoms with Crippen molar-refractivity contribution in [3.63, 3.8) is 0 Å². The van der Waals surface area contributed by atoms with Crippen molar-refractivity contribution in [2.45, 2.75) is 6.92 Å². The number of hydrogen-bond acceptors (Lipinski definition) is 5. The van der Waals surface area contributed by atoms with E-state index in [-0.39, 0.29) is 5.91 Å². The molecule has 7 heteroatoms. The summed E-state index contributed by atoms with van der Waals surface area (Å²) in [6.07, 6.45) is 6.06. The number of nitrogens with zero attached hydrogens (tertiary/aromatic N) is 4. The van der Waals surface area contributed by atoms with Crippen LogP contribution in [0.1, 0.15) is 22.8 Å². The molecule has 0 bridgehead atoms. The van der Waals surface area contributed by atoms with Crippen LogP contribution < -0.4 is 15.5 Å². The van der Waals surface area contributed by atoms with Crippen molar-refractivity contribution in [1.29, 1.82) is 0 Å². The van der Waals surface area contributed by atoms with Crippen LogP contribution >= 0.6 is 0 Å². The van der Waals surface area contributed by atoms with Crippen LogP contribution in [-0.4, -0.2) is 35.4 Å². The summed E-state index contributed by atoms with van der Waals surface area (Å²) < 4.78 is 0. The van der Waals surface area contributed by atoms with Crippen LogP contribution in [0.5, 0.6) is 0 Å². The number of rotatable bonds is 3. The Balaban J connectivity index is 2.18. The summed E-state index contributed by atoms with van der Waals surface area (Å²) >= 11 is 0. The van der Waals surface area contributed by atoms with Gasteiger partial charge in [-0.2, -0.15) is 0 Å². The van der Waals surface area contributed by atoms with Crippen molar-refractivity contribution >= 4 is 35.2 Å². The second kappa shape index (κ2) is 6.11. The molecule has 0 aromatic carbocycles. The van der Waals surface area contributed by atoms with Crippen LogP contribution in [0.2, 0.25) is 0 Å². The van der Waals surface area contributed by atoms with Gasteiger partial charge in [0.15, 0.2) is 5.82 Å². The molecular weight excluding hydrogens is 306 g/mol. The molecule has 7 nitrogen and oxygen atoms in total. The van der Waals surface area contributed by atoms with Crippen LogP contribution in [-0.2, 0) is 4.79 Å². The zero-order valence-electron chi connectivity index (χ0n) is 13.4. The number of aromatic nitrogens is 2. The average Bonchev–Trinajstić information content (AvgIpc) is 2.68. The average molecular weight is 323 g/mol. The molecule has 2 amide bonds. The highest BCUT2D eigenvalue weighted by Gasteiger charge is 2.30. The lowest BCUT2D eigenvalue weighted by Crippen LogP contribution is -2.25. The van der Waals surface area contributed by atoms with Crippen LogP contribution in [0.4, 0.5) is 17.3 Å². The first kappa shape index (κ1) is 15.7. The number of primary amides is 1. The largest absolute Gasteiger partial charge is 0.366 e. The van der Waals surface area contributed by atoms with Crippen LogP contribution in [0.15, 0.2) is 36.7 Å². The van der Waals surface area contributed by atoms with E-state index in [1.54, 1.807) is 36.5 Å². The van der Waals surface area contributed by atoms with Crippen molar-refractivity contribution in [2.24, 2.45) is 5.73 Å². The highest BCUT2D eigenvalue weighted by atomic mass is 16.2. The standard InChI is InChI=1S/C17H17N5O2/c1-3-22-15-12(9-11(10-20-15)6-7-14(18)23)17(24)21(2)13-5-4-8-19-16(13)22/h4-10H,3H2,1-2H3,(H2,18,23)/b7-6+. The molecule has 2 N–H and O–H groups in total. The molecule has 0 unspecified atom stereocenters. The Kier molecular flexibility index (Phi) is 3.99. The third kappa shape index (κ3) is 2.60. The van der Waals surface area contributed by atoms with Crippen molar-refractivity contribution in [3.8, 4) is 0 Å². The fraction of sp³-hybridized carbons (Fsp3) is 0.176. The zero-order chi connectivity index (χ0) is 17.3. The Morgan fingerprint density at radius 1 is 1.33 bits per heavy atom. The predicted octanol–water partition coefficient (Wildman–Crippen LogP) is 1.72. The second-order valence-corrected chi connectivity index (χ2v) is 5.33. The van der Waals surface area contributed by atoms with Gasteiger partial charge >= 0.3 is 0 Å². The minimum atomic E-state index is -0.555. The zero-order valence-corrected chi connectivity index (χ0v) is 13.4. The quantitative estimate of drug-likeness (QED) is 0.868. The summed E-state index contributed by atoms with van der Waals surface area (Å²) in [5.74, 6) is 0.489. The molecule has 1 aliphatic rings. The molecule has 122 valence electrons. The van der Waals surface area contributed by atoms with Crippen molar-refractivity contribution in [2.75, 3.05) is 23.4 Å². The summed E-state index contributed by atoms with van der Waals surface area (Å²) in [5.41, 5.74) is 6.91. The van der Waals surface area contributed by atoms with E-state index in [0.29, 0.717) is 29.3 Å². The van der Waals surface area contributed by atoms with Gasteiger partial charge in [-0.15, -0.1) is 0 Å². The summed E-state index contributed by atoms with van der Waals surface area (Å²) in [6, 6.07) is 5.35. The Morgan fingerprint density at radius 3 is 2.83 bits per heavy atom. The normalized spacial score (nSPS) is 13.7. The van der Waals surface area contributed by atoms with E-state index in [1.807, 2.05) is 17.9 Å². The molecule has 0 saturated carbocycles. The van der Waals surface area contributed by atoms with E-state index >= 15 is 0 Å². The van der Waals surface area contributed by atoms with Gasteiger partial charge in [-0.05, 0) is 36.8 Å². The molecule has 24 heavy (non-hydrogen) atoms. The van der Waals surface area contributed by atoms with E-state index in [9.17, 15) is 9.59 Å². The number of nitrogens with two attached hydrogens (primary N) is 1. The molecular formula is C17H17N5O2. The third-order valence-electron chi connectivity index (χ3n) is 3.82. The maximum atomic E-state index is 12.9. The van der Waals surface area contributed by atoms with Gasteiger partial charge in [-0.1, -0.05) is 0 Å². The Hall–Kier alpha value is -3.22. The lowest BCUT2D eigenvalue weighted by Gasteiger charge is -2.22. The van der Waals surface area contributed by atoms with Crippen LogP contribution in [0, 0.1) is 0 Å². The lowest BCUT2D eigenvalue weighted by atomic mass is 10.1. The smallest absolute Gasteiger partial charge is 0.261 e. The molecule has 3 heterocycles. The van der Waals surface area contributed by atoms with Gasteiger partial charge in [-0.3, -0.25) is 9.59 Å². The van der Waals surface area contributed by atoms with E-state index < -0.39 is 5.91 Å². The number of carbonyl (C=O) groups excluding carboxylic acids is 2. The van der Waals surface area contributed by atoms with Crippen LogP contribution in [0.3, 0.4) is 0 Å². The highest BCUT2D eigenvalue weighted by Crippen LogP contribution is 2.37.